The summed E-state index contributed by atoms with van der Waals surface area (Å²) in [4.78, 5) is 2.50. The molecule has 1 atom stereocenters. The second-order valence-electron chi connectivity index (χ2n) is 6.81. The van der Waals surface area contributed by atoms with Gasteiger partial charge in [-0.1, -0.05) is 18.2 Å². The average Bonchev–Trinajstić information content (AvgIpc) is 3.08. The van der Waals surface area contributed by atoms with Crippen molar-refractivity contribution in [3.8, 4) is 5.69 Å². The average molecular weight is 311 g/mol. The molecule has 0 amide bonds. The van der Waals surface area contributed by atoms with E-state index in [4.69, 9.17) is 0 Å². The molecule has 3 nitrogen and oxygen atoms in total. The van der Waals surface area contributed by atoms with Gasteiger partial charge in [0.15, 0.2) is 0 Å². The maximum absolute atomic E-state index is 3.64. The molecule has 2 aromatic rings. The quantitative estimate of drug-likeness (QED) is 0.822. The van der Waals surface area contributed by atoms with E-state index in [-0.39, 0.29) is 0 Å². The number of likely N-dealkylation sites (tertiary alicyclic amines) is 1. The first-order chi connectivity index (χ1) is 11.2. The minimum Gasteiger partial charge on any atom is -0.318 e. The molecule has 1 aromatic heterocycles. The predicted molar refractivity (Wildman–Crippen MR) is 97.2 cm³/mol. The molecule has 1 aromatic carbocycles. The summed E-state index contributed by atoms with van der Waals surface area (Å²) in [5.74, 6) is 0. The molecule has 2 heterocycles. The third-order valence-electron chi connectivity index (χ3n) is 5.19. The Hall–Kier alpha value is -1.58. The molecule has 1 unspecified atom stereocenters. The summed E-state index contributed by atoms with van der Waals surface area (Å²) in [6, 6.07) is 13.7. The molecule has 1 N–H and O–H groups in total. The number of hydrogen-bond acceptors (Lipinski definition) is 2. The van der Waals surface area contributed by atoms with E-state index in [0.717, 1.165) is 19.1 Å². The van der Waals surface area contributed by atoms with E-state index < -0.39 is 0 Å². The second kappa shape index (κ2) is 7.33. The fraction of sp³-hybridized carbons (Fsp3) is 0.500. The third kappa shape index (κ3) is 3.67. The monoisotopic (exact) mass is 311 g/mol. The van der Waals surface area contributed by atoms with E-state index in [0.29, 0.717) is 0 Å². The molecule has 0 aliphatic carbocycles. The van der Waals surface area contributed by atoms with Crippen LogP contribution in [-0.4, -0.2) is 35.6 Å². The maximum atomic E-state index is 3.64. The minimum atomic E-state index is 0.777. The van der Waals surface area contributed by atoms with Crippen LogP contribution >= 0.6 is 0 Å². The Labute approximate surface area is 140 Å². The van der Waals surface area contributed by atoms with Crippen LogP contribution in [0.5, 0.6) is 0 Å². The molecule has 23 heavy (non-hydrogen) atoms. The van der Waals surface area contributed by atoms with Gasteiger partial charge in [-0.25, -0.2) is 0 Å². The molecular weight excluding hydrogens is 282 g/mol. The van der Waals surface area contributed by atoms with Gasteiger partial charge in [0.25, 0.3) is 0 Å². The van der Waals surface area contributed by atoms with Crippen LogP contribution in [0.4, 0.5) is 0 Å². The molecular formula is C20H29N3. The highest BCUT2D eigenvalue weighted by Crippen LogP contribution is 2.21. The first-order valence-corrected chi connectivity index (χ1v) is 8.81. The van der Waals surface area contributed by atoms with E-state index in [1.165, 1.54) is 48.4 Å². The molecule has 0 saturated carbocycles. The highest BCUT2D eigenvalue weighted by atomic mass is 15.1. The largest absolute Gasteiger partial charge is 0.318 e. The van der Waals surface area contributed by atoms with Crippen LogP contribution in [0.3, 0.4) is 0 Å². The van der Waals surface area contributed by atoms with Crippen LogP contribution in [0.1, 0.15) is 36.2 Å². The maximum Gasteiger partial charge on any atom is 0.0455 e. The van der Waals surface area contributed by atoms with Crippen LogP contribution in [-0.2, 0) is 6.54 Å². The highest BCUT2D eigenvalue weighted by Gasteiger charge is 2.19. The molecule has 0 spiro atoms. The van der Waals surface area contributed by atoms with Gasteiger partial charge in [0, 0.05) is 29.7 Å². The Kier molecular flexibility index (Phi) is 5.19. The Bertz CT molecular complexity index is 630. The van der Waals surface area contributed by atoms with Gasteiger partial charge in [-0.3, -0.25) is 0 Å². The Balaban J connectivity index is 1.59. The molecule has 124 valence electrons. The lowest BCUT2D eigenvalue weighted by atomic mass is 10.1. The van der Waals surface area contributed by atoms with Crippen LogP contribution < -0.4 is 5.32 Å². The Morgan fingerprint density at radius 2 is 1.96 bits per heavy atom. The molecule has 0 bridgehead atoms. The van der Waals surface area contributed by atoms with Gasteiger partial charge in [0.1, 0.15) is 0 Å². The van der Waals surface area contributed by atoms with Crippen LogP contribution in [0, 0.1) is 13.8 Å². The lowest BCUT2D eigenvalue weighted by molar-refractivity contribution is 0.293. The van der Waals surface area contributed by atoms with Crippen molar-refractivity contribution >= 4 is 0 Å². The smallest absolute Gasteiger partial charge is 0.0455 e. The van der Waals surface area contributed by atoms with E-state index in [1.807, 2.05) is 0 Å². The summed E-state index contributed by atoms with van der Waals surface area (Å²) in [5, 5.41) is 3.64. The normalized spacial score (nSPS) is 18.7. The van der Waals surface area contributed by atoms with Crippen molar-refractivity contribution in [3.63, 3.8) is 0 Å². The standard InChI is InChI=1S/C20H29N3/c1-16-14-18(15-21-12-11-19-10-7-13-22(19)3)17(2)23(16)20-8-5-4-6-9-20/h4-6,8-9,14,19,21H,7,10-13,15H2,1-3H3. The number of rotatable bonds is 6. The van der Waals surface area contributed by atoms with Crippen molar-refractivity contribution in [1.82, 2.24) is 14.8 Å². The number of aryl methyl sites for hydroxylation is 1. The van der Waals surface area contributed by atoms with Crippen molar-refractivity contribution in [3.05, 3.63) is 53.3 Å². The fourth-order valence-electron chi connectivity index (χ4n) is 3.82. The summed E-state index contributed by atoms with van der Waals surface area (Å²) in [5.41, 5.74) is 5.31. The van der Waals surface area contributed by atoms with Crippen LogP contribution in [0.15, 0.2) is 36.4 Å². The first kappa shape index (κ1) is 16.3. The molecule has 3 heteroatoms. The zero-order valence-electron chi connectivity index (χ0n) is 14.7. The van der Waals surface area contributed by atoms with E-state index in [2.05, 4.69) is 72.1 Å². The zero-order chi connectivity index (χ0) is 16.2. The topological polar surface area (TPSA) is 20.2 Å². The molecule has 1 fully saturated rings. The summed E-state index contributed by atoms with van der Waals surface area (Å²) in [6.07, 6.45) is 3.98. The Morgan fingerprint density at radius 3 is 2.65 bits per heavy atom. The van der Waals surface area contributed by atoms with E-state index in [9.17, 15) is 0 Å². The van der Waals surface area contributed by atoms with Gasteiger partial charge in [-0.2, -0.15) is 0 Å². The fourth-order valence-corrected chi connectivity index (χ4v) is 3.82. The van der Waals surface area contributed by atoms with Crippen molar-refractivity contribution in [1.29, 1.82) is 0 Å². The zero-order valence-corrected chi connectivity index (χ0v) is 14.7. The summed E-state index contributed by atoms with van der Waals surface area (Å²) in [6.45, 7) is 7.74. The number of para-hydroxylation sites is 1. The predicted octanol–water partition coefficient (Wildman–Crippen LogP) is 3.67. The number of nitrogens with zero attached hydrogens (tertiary/aromatic N) is 2. The third-order valence-corrected chi connectivity index (χ3v) is 5.19. The molecule has 1 saturated heterocycles. The number of hydrogen-bond donors (Lipinski definition) is 1. The summed E-state index contributed by atoms with van der Waals surface area (Å²) < 4.78 is 2.35. The van der Waals surface area contributed by atoms with Gasteiger partial charge in [-0.15, -0.1) is 0 Å². The lowest BCUT2D eigenvalue weighted by Crippen LogP contribution is -2.29. The Morgan fingerprint density at radius 1 is 1.17 bits per heavy atom. The van der Waals surface area contributed by atoms with Gasteiger partial charge in [-0.05, 0) is 77.0 Å². The van der Waals surface area contributed by atoms with E-state index >= 15 is 0 Å². The lowest BCUT2D eigenvalue weighted by Gasteiger charge is -2.19. The van der Waals surface area contributed by atoms with Crippen molar-refractivity contribution < 1.29 is 0 Å². The van der Waals surface area contributed by atoms with Crippen molar-refractivity contribution in [2.75, 3.05) is 20.1 Å². The number of nitrogens with one attached hydrogen (secondary N) is 1. The van der Waals surface area contributed by atoms with Gasteiger partial charge >= 0.3 is 0 Å². The van der Waals surface area contributed by atoms with E-state index in [1.54, 1.807) is 0 Å². The van der Waals surface area contributed by atoms with Crippen LogP contribution in [0.2, 0.25) is 0 Å². The molecule has 0 radical (unpaired) electrons. The van der Waals surface area contributed by atoms with Gasteiger partial charge in [0.2, 0.25) is 0 Å². The SMILES string of the molecule is Cc1cc(CNCCC2CCCN2C)c(C)n1-c1ccccc1. The second-order valence-corrected chi connectivity index (χ2v) is 6.81. The number of aromatic nitrogens is 1. The summed E-state index contributed by atoms with van der Waals surface area (Å²) in [7, 11) is 2.26. The van der Waals surface area contributed by atoms with Gasteiger partial charge < -0.3 is 14.8 Å². The van der Waals surface area contributed by atoms with Crippen molar-refractivity contribution in [2.24, 2.45) is 0 Å². The van der Waals surface area contributed by atoms with Crippen molar-refractivity contribution in [2.45, 2.75) is 45.7 Å². The molecule has 3 rings (SSSR count). The highest BCUT2D eigenvalue weighted by molar-refractivity contribution is 5.40. The molecule has 1 aliphatic heterocycles. The minimum absolute atomic E-state index is 0.777. The number of benzene rings is 1. The van der Waals surface area contributed by atoms with Crippen LogP contribution in [0.25, 0.3) is 5.69 Å². The molecule has 1 aliphatic rings. The van der Waals surface area contributed by atoms with Gasteiger partial charge in [0.05, 0.1) is 0 Å². The summed E-state index contributed by atoms with van der Waals surface area (Å²) >= 11 is 0. The first-order valence-electron chi connectivity index (χ1n) is 8.81.